The molecule has 1 aliphatic heterocycles. The Balaban J connectivity index is 2.45. The van der Waals surface area contributed by atoms with Crippen molar-refractivity contribution in [2.75, 3.05) is 20.2 Å². The van der Waals surface area contributed by atoms with Crippen LogP contribution in [0.4, 0.5) is 4.39 Å². The van der Waals surface area contributed by atoms with Crippen LogP contribution in [0.15, 0.2) is 17.0 Å². The molecule has 1 aliphatic rings. The Morgan fingerprint density at radius 1 is 1.29 bits per heavy atom. The number of carbonyl (C=O) groups excluding carboxylic acids is 1. The van der Waals surface area contributed by atoms with E-state index in [1.54, 1.807) is 4.90 Å². The highest BCUT2D eigenvalue weighted by Gasteiger charge is 2.25. The first kappa shape index (κ1) is 15.7. The first-order chi connectivity index (χ1) is 9.84. The molecule has 1 saturated heterocycles. The summed E-state index contributed by atoms with van der Waals surface area (Å²) in [5, 5.41) is 5.05. The summed E-state index contributed by atoms with van der Waals surface area (Å²) in [5.74, 6) is -1.81. The van der Waals surface area contributed by atoms with Crippen LogP contribution < -0.4 is 9.88 Å². The standard InChI is InChI=1S/C13H17FN2O4S/c1-20-12-10(14)7-9(8-11(12)21(15,18)19)13(17)16-5-3-2-4-6-16/h7-8H,2-6H2,1H3,(H2,15,18,19). The van der Waals surface area contributed by atoms with Crippen molar-refractivity contribution in [3.8, 4) is 5.75 Å². The van der Waals surface area contributed by atoms with Crippen LogP contribution in [0.2, 0.25) is 0 Å². The molecule has 0 spiro atoms. The van der Waals surface area contributed by atoms with Crippen LogP contribution >= 0.6 is 0 Å². The zero-order valence-electron chi connectivity index (χ0n) is 11.6. The van der Waals surface area contributed by atoms with Crippen molar-refractivity contribution in [2.24, 2.45) is 5.14 Å². The van der Waals surface area contributed by atoms with Crippen molar-refractivity contribution >= 4 is 15.9 Å². The highest BCUT2D eigenvalue weighted by molar-refractivity contribution is 7.89. The van der Waals surface area contributed by atoms with E-state index in [4.69, 9.17) is 9.88 Å². The van der Waals surface area contributed by atoms with Crippen LogP contribution in [0.25, 0.3) is 0 Å². The Kier molecular flexibility index (Phi) is 4.48. The predicted molar refractivity (Wildman–Crippen MR) is 74.1 cm³/mol. The number of sulfonamides is 1. The smallest absolute Gasteiger partial charge is 0.254 e. The number of nitrogens with zero attached hydrogens (tertiary/aromatic N) is 1. The van der Waals surface area contributed by atoms with E-state index in [2.05, 4.69) is 0 Å². The lowest BCUT2D eigenvalue weighted by Crippen LogP contribution is -2.35. The molecule has 116 valence electrons. The number of nitrogens with two attached hydrogens (primary N) is 1. The number of ether oxygens (including phenoxy) is 1. The molecule has 1 heterocycles. The van der Waals surface area contributed by atoms with E-state index in [0.29, 0.717) is 13.1 Å². The molecule has 0 saturated carbocycles. The van der Waals surface area contributed by atoms with Gasteiger partial charge in [0.1, 0.15) is 4.90 Å². The van der Waals surface area contributed by atoms with E-state index < -0.39 is 32.4 Å². The van der Waals surface area contributed by atoms with Gasteiger partial charge in [-0.1, -0.05) is 0 Å². The molecule has 0 radical (unpaired) electrons. The van der Waals surface area contributed by atoms with Crippen molar-refractivity contribution < 1.29 is 22.3 Å². The molecule has 0 aliphatic carbocycles. The van der Waals surface area contributed by atoms with Gasteiger partial charge in [0.05, 0.1) is 7.11 Å². The number of halogens is 1. The molecule has 0 unspecified atom stereocenters. The van der Waals surface area contributed by atoms with Gasteiger partial charge in [0.2, 0.25) is 10.0 Å². The van der Waals surface area contributed by atoms with Crippen molar-refractivity contribution in [1.29, 1.82) is 0 Å². The van der Waals surface area contributed by atoms with Gasteiger partial charge in [0, 0.05) is 18.7 Å². The third-order valence-corrected chi connectivity index (χ3v) is 4.33. The third kappa shape index (κ3) is 3.33. The van der Waals surface area contributed by atoms with E-state index in [9.17, 15) is 17.6 Å². The van der Waals surface area contributed by atoms with Gasteiger partial charge >= 0.3 is 0 Å². The number of likely N-dealkylation sites (tertiary alicyclic amines) is 1. The van der Waals surface area contributed by atoms with Crippen LogP contribution in [-0.2, 0) is 10.0 Å². The fourth-order valence-electron chi connectivity index (χ4n) is 2.38. The molecule has 0 bridgehead atoms. The molecule has 0 atom stereocenters. The largest absolute Gasteiger partial charge is 0.492 e. The fraction of sp³-hybridized carbons (Fsp3) is 0.462. The minimum absolute atomic E-state index is 0.0424. The Hall–Kier alpha value is -1.67. The fourth-order valence-corrected chi connectivity index (χ4v) is 3.11. The second-order valence-electron chi connectivity index (χ2n) is 4.89. The average molecular weight is 316 g/mol. The Labute approximate surface area is 122 Å². The summed E-state index contributed by atoms with van der Waals surface area (Å²) >= 11 is 0. The van der Waals surface area contributed by atoms with Gasteiger partial charge in [-0.25, -0.2) is 17.9 Å². The van der Waals surface area contributed by atoms with Gasteiger partial charge in [0.15, 0.2) is 11.6 Å². The second kappa shape index (κ2) is 5.98. The van der Waals surface area contributed by atoms with Crippen molar-refractivity contribution in [1.82, 2.24) is 4.90 Å². The number of hydrogen-bond acceptors (Lipinski definition) is 4. The summed E-state index contributed by atoms with van der Waals surface area (Å²) in [6, 6.07) is 2.04. The number of primary sulfonamides is 1. The van der Waals surface area contributed by atoms with Crippen molar-refractivity contribution in [2.45, 2.75) is 24.2 Å². The molecule has 1 amide bonds. The molecule has 2 N–H and O–H groups in total. The Morgan fingerprint density at radius 2 is 1.90 bits per heavy atom. The maximum Gasteiger partial charge on any atom is 0.254 e. The first-order valence-corrected chi connectivity index (χ1v) is 8.09. The lowest BCUT2D eigenvalue weighted by molar-refractivity contribution is 0.0723. The molecular formula is C13H17FN2O4S. The highest BCUT2D eigenvalue weighted by Crippen LogP contribution is 2.28. The summed E-state index contributed by atoms with van der Waals surface area (Å²) in [4.78, 5) is 13.4. The molecule has 1 aromatic carbocycles. The molecule has 0 aromatic heterocycles. The van der Waals surface area contributed by atoms with Gasteiger partial charge in [-0.2, -0.15) is 0 Å². The van der Waals surface area contributed by atoms with Crippen LogP contribution in [0, 0.1) is 5.82 Å². The SMILES string of the molecule is COc1c(F)cc(C(=O)N2CCCCC2)cc1S(N)(=O)=O. The van der Waals surface area contributed by atoms with Gasteiger partial charge < -0.3 is 9.64 Å². The topological polar surface area (TPSA) is 89.7 Å². The number of carbonyl (C=O) groups is 1. The van der Waals surface area contributed by atoms with E-state index in [-0.39, 0.29) is 5.56 Å². The van der Waals surface area contributed by atoms with Crippen LogP contribution in [-0.4, -0.2) is 39.4 Å². The van der Waals surface area contributed by atoms with Crippen molar-refractivity contribution in [3.05, 3.63) is 23.5 Å². The predicted octanol–water partition coefficient (Wildman–Crippen LogP) is 1.11. The number of hydrogen-bond donors (Lipinski definition) is 1. The van der Waals surface area contributed by atoms with Gasteiger partial charge in [-0.05, 0) is 31.4 Å². The molecule has 8 heteroatoms. The quantitative estimate of drug-likeness (QED) is 0.904. The summed E-state index contributed by atoms with van der Waals surface area (Å²) in [6.07, 6.45) is 2.81. The van der Waals surface area contributed by atoms with E-state index in [1.165, 1.54) is 0 Å². The van der Waals surface area contributed by atoms with E-state index >= 15 is 0 Å². The zero-order valence-corrected chi connectivity index (χ0v) is 12.5. The lowest BCUT2D eigenvalue weighted by atomic mass is 10.1. The number of rotatable bonds is 3. The average Bonchev–Trinajstić information content (AvgIpc) is 2.45. The highest BCUT2D eigenvalue weighted by atomic mass is 32.2. The summed E-state index contributed by atoms with van der Waals surface area (Å²) in [6.45, 7) is 1.16. The summed E-state index contributed by atoms with van der Waals surface area (Å²) in [5.41, 5.74) is -0.0424. The van der Waals surface area contributed by atoms with Crippen LogP contribution in [0.5, 0.6) is 5.75 Å². The molecule has 1 aromatic rings. The second-order valence-corrected chi connectivity index (χ2v) is 6.42. The number of amides is 1. The van der Waals surface area contributed by atoms with Gasteiger partial charge in [0.25, 0.3) is 5.91 Å². The molecule has 1 fully saturated rings. The number of piperidine rings is 1. The number of methoxy groups -OCH3 is 1. The maximum atomic E-state index is 14.0. The molecular weight excluding hydrogens is 299 g/mol. The van der Waals surface area contributed by atoms with Crippen molar-refractivity contribution in [3.63, 3.8) is 0 Å². The first-order valence-electron chi connectivity index (χ1n) is 6.54. The van der Waals surface area contributed by atoms with Gasteiger partial charge in [-0.15, -0.1) is 0 Å². The van der Waals surface area contributed by atoms with E-state index in [1.807, 2.05) is 0 Å². The zero-order chi connectivity index (χ0) is 15.6. The molecule has 2 rings (SSSR count). The van der Waals surface area contributed by atoms with Gasteiger partial charge in [-0.3, -0.25) is 4.79 Å². The Bertz CT molecular complexity index is 654. The minimum atomic E-state index is -4.19. The normalized spacial score (nSPS) is 15.9. The third-order valence-electron chi connectivity index (χ3n) is 3.41. The van der Waals surface area contributed by atoms with Crippen LogP contribution in [0.1, 0.15) is 29.6 Å². The summed E-state index contributed by atoms with van der Waals surface area (Å²) < 4.78 is 41.7. The molecule has 6 nitrogen and oxygen atoms in total. The molecule has 21 heavy (non-hydrogen) atoms. The van der Waals surface area contributed by atoms with E-state index in [0.717, 1.165) is 38.5 Å². The Morgan fingerprint density at radius 3 is 2.43 bits per heavy atom. The summed E-state index contributed by atoms with van der Waals surface area (Å²) in [7, 11) is -3.05. The minimum Gasteiger partial charge on any atom is -0.492 e. The van der Waals surface area contributed by atoms with Crippen LogP contribution in [0.3, 0.4) is 0 Å². The maximum absolute atomic E-state index is 14.0. The lowest BCUT2D eigenvalue weighted by Gasteiger charge is -2.27. The monoisotopic (exact) mass is 316 g/mol. The number of benzene rings is 1.